The SMILES string of the molecule is O=C(N/N=C1/CCCc2nonc21)c1cc(-c2cccs2)nc2ccc(Br)cc12. The number of hydrazone groups is 1. The Morgan fingerprint density at radius 2 is 2.14 bits per heavy atom. The summed E-state index contributed by atoms with van der Waals surface area (Å²) in [5.41, 5.74) is 6.78. The quantitative estimate of drug-likeness (QED) is 0.445. The standard InChI is InChI=1S/C20H14BrN5O2S/c21-11-6-7-14-12(9-11)13(10-17(22-14)18-5-2-8-29-18)20(27)24-23-15-3-1-4-16-19(15)26-28-25-16/h2,5-10H,1,3-4H2,(H,24,27)/b23-15-. The minimum Gasteiger partial charge on any atom is -0.267 e. The zero-order chi connectivity index (χ0) is 19.8. The Hall–Kier alpha value is -2.91. The fourth-order valence-corrected chi connectivity index (χ4v) is 4.40. The van der Waals surface area contributed by atoms with Gasteiger partial charge in [0.15, 0.2) is 5.69 Å². The topological polar surface area (TPSA) is 93.3 Å². The third-order valence-corrected chi connectivity index (χ3v) is 6.12. The largest absolute Gasteiger partial charge is 0.272 e. The predicted molar refractivity (Wildman–Crippen MR) is 114 cm³/mol. The molecule has 1 aliphatic rings. The van der Waals surface area contributed by atoms with Gasteiger partial charge in [-0.25, -0.2) is 15.0 Å². The van der Waals surface area contributed by atoms with E-state index in [4.69, 9.17) is 9.61 Å². The molecule has 3 aromatic heterocycles. The van der Waals surface area contributed by atoms with Gasteiger partial charge in [0, 0.05) is 9.86 Å². The maximum absolute atomic E-state index is 13.1. The van der Waals surface area contributed by atoms with E-state index in [0.717, 1.165) is 44.5 Å². The van der Waals surface area contributed by atoms with Gasteiger partial charge in [-0.05, 0) is 60.1 Å². The molecule has 0 aliphatic heterocycles. The number of hydrogen-bond acceptors (Lipinski definition) is 7. The Bertz CT molecular complexity index is 1250. The number of carbonyl (C=O) groups is 1. The summed E-state index contributed by atoms with van der Waals surface area (Å²) in [6.45, 7) is 0. The molecule has 0 spiro atoms. The Balaban J connectivity index is 1.54. The third-order valence-electron chi connectivity index (χ3n) is 4.74. The fourth-order valence-electron chi connectivity index (χ4n) is 3.36. The van der Waals surface area contributed by atoms with Crippen LogP contribution in [0.3, 0.4) is 0 Å². The van der Waals surface area contributed by atoms with Crippen molar-refractivity contribution in [2.45, 2.75) is 19.3 Å². The van der Waals surface area contributed by atoms with Crippen LogP contribution in [0.5, 0.6) is 0 Å². The fraction of sp³-hybridized carbons (Fsp3) is 0.150. The van der Waals surface area contributed by atoms with E-state index in [0.29, 0.717) is 23.4 Å². The lowest BCUT2D eigenvalue weighted by Gasteiger charge is -2.11. The van der Waals surface area contributed by atoms with Gasteiger partial charge in [-0.15, -0.1) is 11.3 Å². The molecule has 1 amide bonds. The molecule has 4 aromatic rings. The number of carbonyl (C=O) groups excluding carboxylic acids is 1. The number of thiophene rings is 1. The summed E-state index contributed by atoms with van der Waals surface area (Å²) in [6.07, 6.45) is 2.41. The van der Waals surface area contributed by atoms with E-state index >= 15 is 0 Å². The molecule has 7 nitrogen and oxygen atoms in total. The van der Waals surface area contributed by atoms with Gasteiger partial charge in [0.25, 0.3) is 5.91 Å². The molecule has 0 atom stereocenters. The number of hydrogen-bond donors (Lipinski definition) is 1. The number of pyridine rings is 1. The summed E-state index contributed by atoms with van der Waals surface area (Å²) < 4.78 is 5.69. The van der Waals surface area contributed by atoms with E-state index in [1.165, 1.54) is 0 Å². The maximum Gasteiger partial charge on any atom is 0.272 e. The third kappa shape index (κ3) is 3.47. The van der Waals surface area contributed by atoms with E-state index in [1.807, 2.05) is 35.7 Å². The molecule has 1 aromatic carbocycles. The van der Waals surface area contributed by atoms with Gasteiger partial charge in [0.1, 0.15) is 5.69 Å². The highest BCUT2D eigenvalue weighted by molar-refractivity contribution is 9.10. The first-order valence-corrected chi connectivity index (χ1v) is 10.7. The van der Waals surface area contributed by atoms with Crippen molar-refractivity contribution in [3.63, 3.8) is 0 Å². The number of nitrogens with one attached hydrogen (secondary N) is 1. The molecule has 0 fully saturated rings. The number of rotatable bonds is 3. The van der Waals surface area contributed by atoms with E-state index in [9.17, 15) is 4.79 Å². The van der Waals surface area contributed by atoms with Gasteiger partial charge in [-0.2, -0.15) is 5.10 Å². The van der Waals surface area contributed by atoms with Crippen LogP contribution in [-0.2, 0) is 6.42 Å². The molecule has 0 saturated heterocycles. The van der Waals surface area contributed by atoms with E-state index in [2.05, 4.69) is 36.8 Å². The number of halogens is 1. The van der Waals surface area contributed by atoms with Crippen LogP contribution in [-0.4, -0.2) is 26.9 Å². The lowest BCUT2D eigenvalue weighted by molar-refractivity contribution is 0.0956. The average molecular weight is 468 g/mol. The average Bonchev–Trinajstić information content (AvgIpc) is 3.43. The second kappa shape index (κ2) is 7.49. The Kier molecular flexibility index (Phi) is 4.69. The van der Waals surface area contributed by atoms with Crippen molar-refractivity contribution in [2.75, 3.05) is 0 Å². The molecule has 3 heterocycles. The molecule has 1 N–H and O–H groups in total. The Morgan fingerprint density at radius 3 is 3.00 bits per heavy atom. The lowest BCUT2D eigenvalue weighted by atomic mass is 9.99. The summed E-state index contributed by atoms with van der Waals surface area (Å²) in [6, 6.07) is 11.5. The molecular formula is C20H14BrN5O2S. The monoisotopic (exact) mass is 467 g/mol. The van der Waals surface area contributed by atoms with Gasteiger partial charge in [-0.3, -0.25) is 4.79 Å². The first-order valence-electron chi connectivity index (χ1n) is 9.02. The van der Waals surface area contributed by atoms with Crippen molar-refractivity contribution in [2.24, 2.45) is 5.10 Å². The number of fused-ring (bicyclic) bond motifs is 2. The smallest absolute Gasteiger partial charge is 0.267 e. The number of aromatic nitrogens is 3. The molecule has 0 bridgehead atoms. The Labute approximate surface area is 177 Å². The van der Waals surface area contributed by atoms with E-state index in [-0.39, 0.29) is 5.91 Å². The van der Waals surface area contributed by atoms with Crippen molar-refractivity contribution < 1.29 is 9.42 Å². The molecule has 0 unspecified atom stereocenters. The number of benzene rings is 1. The van der Waals surface area contributed by atoms with Crippen LogP contribution in [0.25, 0.3) is 21.5 Å². The summed E-state index contributed by atoms with van der Waals surface area (Å²) in [7, 11) is 0. The second-order valence-electron chi connectivity index (χ2n) is 6.61. The minimum atomic E-state index is -0.301. The highest BCUT2D eigenvalue weighted by Crippen LogP contribution is 2.29. The number of amides is 1. The van der Waals surface area contributed by atoms with Crippen LogP contribution in [0.2, 0.25) is 0 Å². The normalized spacial score (nSPS) is 14.9. The summed E-state index contributed by atoms with van der Waals surface area (Å²) in [4.78, 5) is 18.8. The highest BCUT2D eigenvalue weighted by Gasteiger charge is 2.22. The van der Waals surface area contributed by atoms with E-state index in [1.54, 1.807) is 17.4 Å². The van der Waals surface area contributed by atoms with Crippen LogP contribution in [0.15, 0.2) is 56.0 Å². The van der Waals surface area contributed by atoms with Gasteiger partial charge in [0.05, 0.1) is 27.4 Å². The molecular weight excluding hydrogens is 454 g/mol. The molecule has 29 heavy (non-hydrogen) atoms. The summed E-state index contributed by atoms with van der Waals surface area (Å²) >= 11 is 5.06. The highest BCUT2D eigenvalue weighted by atomic mass is 79.9. The lowest BCUT2D eigenvalue weighted by Crippen LogP contribution is -2.22. The van der Waals surface area contributed by atoms with E-state index < -0.39 is 0 Å². The van der Waals surface area contributed by atoms with Gasteiger partial charge in [-0.1, -0.05) is 27.2 Å². The van der Waals surface area contributed by atoms with Crippen LogP contribution in [0.1, 0.15) is 34.6 Å². The zero-order valence-electron chi connectivity index (χ0n) is 15.1. The van der Waals surface area contributed by atoms with Gasteiger partial charge < -0.3 is 0 Å². The van der Waals surface area contributed by atoms with Crippen molar-refractivity contribution in [3.05, 3.63) is 63.2 Å². The maximum atomic E-state index is 13.1. The number of aryl methyl sites for hydroxylation is 1. The zero-order valence-corrected chi connectivity index (χ0v) is 17.5. The van der Waals surface area contributed by atoms with Gasteiger partial charge >= 0.3 is 0 Å². The molecule has 9 heteroatoms. The van der Waals surface area contributed by atoms with Crippen LogP contribution >= 0.6 is 27.3 Å². The second-order valence-corrected chi connectivity index (χ2v) is 8.47. The molecule has 0 saturated carbocycles. The summed E-state index contributed by atoms with van der Waals surface area (Å²) in [5.74, 6) is -0.301. The summed E-state index contributed by atoms with van der Waals surface area (Å²) in [5, 5.41) is 14.9. The van der Waals surface area contributed by atoms with Crippen molar-refractivity contribution in [3.8, 4) is 10.6 Å². The molecule has 1 aliphatic carbocycles. The van der Waals surface area contributed by atoms with Crippen molar-refractivity contribution >= 4 is 49.8 Å². The number of nitrogens with zero attached hydrogens (tertiary/aromatic N) is 4. The molecule has 5 rings (SSSR count). The Morgan fingerprint density at radius 1 is 1.21 bits per heavy atom. The first-order chi connectivity index (χ1) is 14.2. The molecule has 0 radical (unpaired) electrons. The predicted octanol–water partition coefficient (Wildman–Crippen LogP) is 4.58. The van der Waals surface area contributed by atoms with Crippen LogP contribution in [0, 0.1) is 0 Å². The van der Waals surface area contributed by atoms with Gasteiger partial charge in [0.2, 0.25) is 0 Å². The van der Waals surface area contributed by atoms with Crippen molar-refractivity contribution in [1.29, 1.82) is 0 Å². The van der Waals surface area contributed by atoms with Crippen LogP contribution < -0.4 is 5.43 Å². The first kappa shape index (κ1) is 18.1. The van der Waals surface area contributed by atoms with Crippen molar-refractivity contribution in [1.82, 2.24) is 20.7 Å². The minimum absolute atomic E-state index is 0.301. The van der Waals surface area contributed by atoms with Crippen LogP contribution in [0.4, 0.5) is 0 Å². The molecule has 144 valence electrons.